The van der Waals surface area contributed by atoms with Crippen LogP contribution in [0.25, 0.3) is 0 Å². The third-order valence-corrected chi connectivity index (χ3v) is 4.38. The third kappa shape index (κ3) is 3.69. The minimum absolute atomic E-state index is 0.168. The van der Waals surface area contributed by atoms with Crippen LogP contribution in [0.1, 0.15) is 11.1 Å². The summed E-state index contributed by atoms with van der Waals surface area (Å²) < 4.78 is 26.3. The van der Waals surface area contributed by atoms with Gasteiger partial charge >= 0.3 is 0 Å². The molecule has 0 saturated heterocycles. The smallest absolute Gasteiger partial charge is 0.238 e. The summed E-state index contributed by atoms with van der Waals surface area (Å²) in [7, 11) is -3.57. The number of thiocarbonyl (C=S) groups is 1. The Kier molecular flexibility index (Phi) is 4.08. The van der Waals surface area contributed by atoms with Crippen LogP contribution in [0.2, 0.25) is 0 Å². The summed E-state index contributed by atoms with van der Waals surface area (Å²) in [5.41, 5.74) is 8.11. The van der Waals surface area contributed by atoms with Crippen LogP contribution in [0.5, 0.6) is 0 Å². The molecule has 0 fully saturated rings. The molecular weight excluding hydrogens is 304 g/mol. The Bertz CT molecular complexity index is 683. The van der Waals surface area contributed by atoms with Gasteiger partial charge < -0.3 is 5.73 Å². The highest BCUT2D eigenvalue weighted by Gasteiger charge is 2.16. The molecule has 0 amide bonds. The Morgan fingerprint density at radius 2 is 2.16 bits per heavy atom. The van der Waals surface area contributed by atoms with Crippen molar-refractivity contribution >= 4 is 43.7 Å². The van der Waals surface area contributed by atoms with Crippen molar-refractivity contribution < 1.29 is 8.42 Å². The predicted octanol–water partition coefficient (Wildman–Crippen LogP) is 1.11. The number of sulfonamides is 1. The highest BCUT2D eigenvalue weighted by atomic mass is 32.2. The molecular formula is C10H10N4O2S3. The lowest BCUT2D eigenvalue weighted by Crippen LogP contribution is -2.18. The second kappa shape index (κ2) is 5.59. The fraction of sp³-hybridized carbons (Fsp3) is 0.100. The van der Waals surface area contributed by atoms with Crippen LogP contribution in [0.3, 0.4) is 0 Å². The first-order valence-electron chi connectivity index (χ1n) is 5.12. The molecule has 0 spiro atoms. The zero-order chi connectivity index (χ0) is 13.9. The minimum atomic E-state index is -3.57. The van der Waals surface area contributed by atoms with Crippen LogP contribution in [0.15, 0.2) is 29.8 Å². The Morgan fingerprint density at radius 3 is 2.79 bits per heavy atom. The molecule has 100 valence electrons. The molecule has 0 saturated carbocycles. The van der Waals surface area contributed by atoms with Gasteiger partial charge in [-0.2, -0.15) is 0 Å². The van der Waals surface area contributed by atoms with Crippen LogP contribution in [-0.2, 0) is 15.8 Å². The van der Waals surface area contributed by atoms with Gasteiger partial charge in [0.2, 0.25) is 15.2 Å². The Hall–Kier alpha value is -1.58. The average Bonchev–Trinajstić information content (AvgIpc) is 2.80. The monoisotopic (exact) mass is 314 g/mol. The summed E-state index contributed by atoms with van der Waals surface area (Å²) in [5, 5.41) is 7.42. The van der Waals surface area contributed by atoms with E-state index in [1.165, 1.54) is 5.51 Å². The normalized spacial score (nSPS) is 11.2. The van der Waals surface area contributed by atoms with E-state index in [9.17, 15) is 8.42 Å². The van der Waals surface area contributed by atoms with Crippen LogP contribution in [0, 0.1) is 0 Å². The summed E-state index contributed by atoms with van der Waals surface area (Å²) in [6, 6.07) is 6.85. The molecule has 1 heterocycles. The van der Waals surface area contributed by atoms with E-state index in [1.807, 2.05) is 0 Å². The molecule has 2 rings (SSSR count). The molecule has 3 N–H and O–H groups in total. The minimum Gasteiger partial charge on any atom is -0.389 e. The van der Waals surface area contributed by atoms with Crippen molar-refractivity contribution in [2.24, 2.45) is 5.73 Å². The second-order valence-corrected chi connectivity index (χ2v) is 6.62. The van der Waals surface area contributed by atoms with Crippen molar-refractivity contribution in [2.75, 3.05) is 4.72 Å². The lowest BCUT2D eigenvalue weighted by atomic mass is 10.1. The van der Waals surface area contributed by atoms with Gasteiger partial charge in [-0.05, 0) is 5.56 Å². The molecule has 1 aromatic carbocycles. The second-order valence-electron chi connectivity index (χ2n) is 3.63. The summed E-state index contributed by atoms with van der Waals surface area (Å²) >= 11 is 6.00. The van der Waals surface area contributed by atoms with Crippen LogP contribution < -0.4 is 10.5 Å². The number of nitrogens with one attached hydrogen (secondary N) is 1. The molecule has 0 unspecified atom stereocenters. The van der Waals surface area contributed by atoms with Crippen LogP contribution >= 0.6 is 23.6 Å². The van der Waals surface area contributed by atoms with E-state index >= 15 is 0 Å². The van der Waals surface area contributed by atoms with Gasteiger partial charge in [0.25, 0.3) is 0 Å². The highest BCUT2D eigenvalue weighted by Crippen LogP contribution is 2.16. The molecule has 0 aliphatic heterocycles. The van der Waals surface area contributed by atoms with Gasteiger partial charge in [0.15, 0.2) is 0 Å². The molecule has 0 aliphatic rings. The molecule has 9 heteroatoms. The van der Waals surface area contributed by atoms with E-state index in [2.05, 4.69) is 14.9 Å². The van der Waals surface area contributed by atoms with E-state index < -0.39 is 10.0 Å². The maximum absolute atomic E-state index is 12.0. The van der Waals surface area contributed by atoms with E-state index in [4.69, 9.17) is 18.0 Å². The van der Waals surface area contributed by atoms with Gasteiger partial charge in [0.05, 0.1) is 5.75 Å². The number of rotatable bonds is 5. The van der Waals surface area contributed by atoms with Gasteiger partial charge in [-0.1, -0.05) is 47.8 Å². The maximum atomic E-state index is 12.0. The summed E-state index contributed by atoms with van der Waals surface area (Å²) in [5.74, 6) is -0.222. The fourth-order valence-corrected chi connectivity index (χ4v) is 3.58. The zero-order valence-electron chi connectivity index (χ0n) is 9.61. The number of nitrogens with two attached hydrogens (primary N) is 1. The van der Waals surface area contributed by atoms with Crippen LogP contribution in [-0.4, -0.2) is 23.6 Å². The SMILES string of the molecule is NC(=S)c1ccccc1CS(=O)(=O)Nc1nncs1. The van der Waals surface area contributed by atoms with Crippen molar-refractivity contribution in [1.82, 2.24) is 10.2 Å². The number of nitrogens with zero attached hydrogens (tertiary/aromatic N) is 2. The molecule has 0 radical (unpaired) electrons. The van der Waals surface area contributed by atoms with Gasteiger partial charge in [-0.3, -0.25) is 4.72 Å². The van der Waals surface area contributed by atoms with Crippen LogP contribution in [0.4, 0.5) is 5.13 Å². The predicted molar refractivity (Wildman–Crippen MR) is 78.5 cm³/mol. The molecule has 1 aromatic heterocycles. The number of hydrogen-bond donors (Lipinski definition) is 2. The number of benzene rings is 1. The van der Waals surface area contributed by atoms with Gasteiger partial charge in [-0.15, -0.1) is 10.2 Å². The lowest BCUT2D eigenvalue weighted by Gasteiger charge is -2.09. The topological polar surface area (TPSA) is 98.0 Å². The van der Waals surface area contributed by atoms with Crippen molar-refractivity contribution in [1.29, 1.82) is 0 Å². The first-order valence-corrected chi connectivity index (χ1v) is 8.06. The van der Waals surface area contributed by atoms with Gasteiger partial charge in [0.1, 0.15) is 10.5 Å². The standard InChI is InChI=1S/C10H10N4O2S3/c11-9(17)8-4-2-1-3-7(8)5-19(15,16)14-10-13-12-6-18-10/h1-4,6H,5H2,(H2,11,17)(H,13,14). The summed E-state index contributed by atoms with van der Waals surface area (Å²) in [6.07, 6.45) is 0. The van der Waals surface area contributed by atoms with E-state index in [-0.39, 0.29) is 15.9 Å². The quantitative estimate of drug-likeness (QED) is 0.802. The number of anilines is 1. The molecule has 2 aromatic rings. The largest absolute Gasteiger partial charge is 0.389 e. The molecule has 0 aliphatic carbocycles. The van der Waals surface area contributed by atoms with Gasteiger partial charge in [-0.25, -0.2) is 8.42 Å². The Balaban J connectivity index is 2.23. The summed E-state index contributed by atoms with van der Waals surface area (Å²) in [4.78, 5) is 0.168. The van der Waals surface area contributed by atoms with Crippen molar-refractivity contribution in [2.45, 2.75) is 5.75 Å². The van der Waals surface area contributed by atoms with Gasteiger partial charge in [0, 0.05) is 5.56 Å². The van der Waals surface area contributed by atoms with Crippen molar-refractivity contribution in [3.8, 4) is 0 Å². The fourth-order valence-electron chi connectivity index (χ4n) is 1.48. The van der Waals surface area contributed by atoms with E-state index in [1.54, 1.807) is 24.3 Å². The molecule has 19 heavy (non-hydrogen) atoms. The molecule has 0 bridgehead atoms. The number of hydrogen-bond acceptors (Lipinski definition) is 6. The Labute approximate surface area is 119 Å². The molecule has 6 nitrogen and oxygen atoms in total. The Morgan fingerprint density at radius 1 is 1.42 bits per heavy atom. The summed E-state index contributed by atoms with van der Waals surface area (Å²) in [6.45, 7) is 0. The highest BCUT2D eigenvalue weighted by molar-refractivity contribution is 7.92. The van der Waals surface area contributed by atoms with Crippen molar-refractivity contribution in [3.63, 3.8) is 0 Å². The molecule has 0 atom stereocenters. The van der Waals surface area contributed by atoms with Crippen molar-refractivity contribution in [3.05, 3.63) is 40.9 Å². The van der Waals surface area contributed by atoms with E-state index in [0.717, 1.165) is 11.3 Å². The average molecular weight is 314 g/mol. The zero-order valence-corrected chi connectivity index (χ0v) is 12.1. The lowest BCUT2D eigenvalue weighted by molar-refractivity contribution is 0.600. The first kappa shape index (κ1) is 13.8. The first-order chi connectivity index (χ1) is 8.98. The van der Waals surface area contributed by atoms with E-state index in [0.29, 0.717) is 11.1 Å². The number of aromatic nitrogens is 2. The third-order valence-electron chi connectivity index (χ3n) is 2.23. The maximum Gasteiger partial charge on any atom is 0.238 e.